The summed E-state index contributed by atoms with van der Waals surface area (Å²) in [6, 6.07) is 7.40. The number of hydrogen-bond donors (Lipinski definition) is 1. The van der Waals surface area contributed by atoms with Crippen molar-refractivity contribution >= 4 is 15.9 Å². The summed E-state index contributed by atoms with van der Waals surface area (Å²) in [5.74, 6) is -0.148. The van der Waals surface area contributed by atoms with E-state index in [2.05, 4.69) is 4.72 Å². The summed E-state index contributed by atoms with van der Waals surface area (Å²) in [6.45, 7) is 2.49. The van der Waals surface area contributed by atoms with Crippen molar-refractivity contribution in [3.63, 3.8) is 0 Å². The molecule has 0 spiro atoms. The van der Waals surface area contributed by atoms with Gasteiger partial charge in [-0.1, -0.05) is 29.8 Å². The number of benzene rings is 1. The van der Waals surface area contributed by atoms with E-state index in [9.17, 15) is 13.2 Å². The van der Waals surface area contributed by atoms with Gasteiger partial charge in [-0.25, -0.2) is 13.1 Å². The van der Waals surface area contributed by atoms with Crippen molar-refractivity contribution in [1.29, 1.82) is 0 Å². The highest BCUT2D eigenvalue weighted by Crippen LogP contribution is 2.09. The van der Waals surface area contributed by atoms with Crippen LogP contribution in [0.2, 0.25) is 0 Å². The standard InChI is InChI=1S/C14H20N2O4S/c1-11-4-3-5-12(6-11)10-21(18,19)15-7-13-8-16(2)14(17)9-20-13/h3-6,13,15H,7-10H2,1-2H3. The molecule has 1 heterocycles. The molecule has 1 aromatic carbocycles. The van der Waals surface area contributed by atoms with Crippen LogP contribution in [0.15, 0.2) is 24.3 Å². The van der Waals surface area contributed by atoms with E-state index in [4.69, 9.17) is 4.74 Å². The molecule has 2 rings (SSSR count). The summed E-state index contributed by atoms with van der Waals surface area (Å²) in [5.41, 5.74) is 1.78. The zero-order valence-corrected chi connectivity index (χ0v) is 13.0. The third-order valence-electron chi connectivity index (χ3n) is 3.32. The van der Waals surface area contributed by atoms with Crippen molar-refractivity contribution in [2.24, 2.45) is 0 Å². The molecule has 1 unspecified atom stereocenters. The van der Waals surface area contributed by atoms with E-state index >= 15 is 0 Å². The molecule has 0 radical (unpaired) electrons. The van der Waals surface area contributed by atoms with Crippen LogP contribution in [-0.4, -0.2) is 52.1 Å². The number of aryl methyl sites for hydroxylation is 1. The summed E-state index contributed by atoms with van der Waals surface area (Å²) >= 11 is 0. The van der Waals surface area contributed by atoms with Gasteiger partial charge in [-0.3, -0.25) is 4.79 Å². The zero-order chi connectivity index (χ0) is 15.5. The van der Waals surface area contributed by atoms with Crippen molar-refractivity contribution in [1.82, 2.24) is 9.62 Å². The van der Waals surface area contributed by atoms with E-state index in [1.807, 2.05) is 25.1 Å². The number of ether oxygens (including phenoxy) is 1. The fourth-order valence-corrected chi connectivity index (χ4v) is 3.34. The Morgan fingerprint density at radius 2 is 2.19 bits per heavy atom. The summed E-state index contributed by atoms with van der Waals surface area (Å²) in [6.07, 6.45) is -0.306. The van der Waals surface area contributed by atoms with Gasteiger partial charge in [0.2, 0.25) is 15.9 Å². The lowest BCUT2D eigenvalue weighted by atomic mass is 10.2. The van der Waals surface area contributed by atoms with Crippen molar-refractivity contribution in [2.75, 3.05) is 26.7 Å². The largest absolute Gasteiger partial charge is 0.365 e. The number of carbonyl (C=O) groups excluding carboxylic acids is 1. The molecule has 1 N–H and O–H groups in total. The van der Waals surface area contributed by atoms with Gasteiger partial charge in [0.15, 0.2) is 0 Å². The minimum absolute atomic E-state index is 0.000768. The molecular formula is C14H20N2O4S. The van der Waals surface area contributed by atoms with Crippen LogP contribution in [0.1, 0.15) is 11.1 Å². The van der Waals surface area contributed by atoms with Gasteiger partial charge >= 0.3 is 0 Å². The highest BCUT2D eigenvalue weighted by atomic mass is 32.2. The second kappa shape index (κ2) is 6.55. The first kappa shape index (κ1) is 15.9. The Kier molecular flexibility index (Phi) is 4.97. The molecule has 1 fully saturated rings. The molecular weight excluding hydrogens is 292 g/mol. The Bertz CT molecular complexity index is 615. The Morgan fingerprint density at radius 1 is 1.43 bits per heavy atom. The molecule has 0 aliphatic carbocycles. The fourth-order valence-electron chi connectivity index (χ4n) is 2.18. The maximum atomic E-state index is 12.1. The van der Waals surface area contributed by atoms with Gasteiger partial charge < -0.3 is 9.64 Å². The van der Waals surface area contributed by atoms with Crippen LogP contribution in [0.3, 0.4) is 0 Å². The molecule has 21 heavy (non-hydrogen) atoms. The van der Waals surface area contributed by atoms with E-state index in [1.165, 1.54) is 0 Å². The van der Waals surface area contributed by atoms with E-state index < -0.39 is 10.0 Å². The number of rotatable bonds is 5. The van der Waals surface area contributed by atoms with Crippen LogP contribution in [-0.2, 0) is 25.3 Å². The zero-order valence-electron chi connectivity index (χ0n) is 12.2. The highest BCUT2D eigenvalue weighted by molar-refractivity contribution is 7.88. The number of nitrogens with zero attached hydrogens (tertiary/aromatic N) is 1. The average molecular weight is 312 g/mol. The van der Waals surface area contributed by atoms with Gasteiger partial charge in [-0.15, -0.1) is 0 Å². The van der Waals surface area contributed by atoms with Gasteiger partial charge in [0.25, 0.3) is 0 Å². The lowest BCUT2D eigenvalue weighted by molar-refractivity contribution is -0.146. The smallest absolute Gasteiger partial charge is 0.248 e. The first-order valence-electron chi connectivity index (χ1n) is 6.74. The molecule has 0 saturated carbocycles. The van der Waals surface area contributed by atoms with E-state index in [-0.39, 0.29) is 30.9 Å². The molecule has 1 aliphatic rings. The van der Waals surface area contributed by atoms with Crippen molar-refractivity contribution in [3.05, 3.63) is 35.4 Å². The van der Waals surface area contributed by atoms with Crippen molar-refractivity contribution in [2.45, 2.75) is 18.8 Å². The molecule has 1 amide bonds. The molecule has 0 bridgehead atoms. The average Bonchev–Trinajstić information content (AvgIpc) is 2.40. The third kappa shape index (κ3) is 4.80. The van der Waals surface area contributed by atoms with Crippen LogP contribution in [0.5, 0.6) is 0 Å². The number of nitrogens with one attached hydrogen (secondary N) is 1. The first-order chi connectivity index (χ1) is 9.85. The van der Waals surface area contributed by atoms with Crippen LogP contribution >= 0.6 is 0 Å². The van der Waals surface area contributed by atoms with E-state index in [0.717, 1.165) is 11.1 Å². The van der Waals surface area contributed by atoms with Gasteiger partial charge in [0.05, 0.1) is 11.9 Å². The molecule has 1 aromatic rings. The fraction of sp³-hybridized carbons (Fsp3) is 0.500. The lowest BCUT2D eigenvalue weighted by Gasteiger charge is -2.29. The Hall–Kier alpha value is -1.44. The quantitative estimate of drug-likeness (QED) is 0.847. The number of hydrogen-bond acceptors (Lipinski definition) is 4. The molecule has 0 aromatic heterocycles. The Labute approximate surface area is 125 Å². The molecule has 1 saturated heterocycles. The predicted octanol–water partition coefficient (Wildman–Crippen LogP) is 0.272. The van der Waals surface area contributed by atoms with Crippen molar-refractivity contribution in [3.8, 4) is 0 Å². The van der Waals surface area contributed by atoms with Gasteiger partial charge in [-0.05, 0) is 12.5 Å². The van der Waals surface area contributed by atoms with Gasteiger partial charge in [0.1, 0.15) is 6.61 Å². The predicted molar refractivity (Wildman–Crippen MR) is 79.2 cm³/mol. The SMILES string of the molecule is Cc1cccc(CS(=O)(=O)NCC2CN(C)C(=O)CO2)c1. The second-order valence-electron chi connectivity index (χ2n) is 5.30. The summed E-state index contributed by atoms with van der Waals surface area (Å²) in [5, 5.41) is 0. The van der Waals surface area contributed by atoms with Crippen molar-refractivity contribution < 1.29 is 17.9 Å². The minimum Gasteiger partial charge on any atom is -0.365 e. The van der Waals surface area contributed by atoms with E-state index in [0.29, 0.717) is 6.54 Å². The second-order valence-corrected chi connectivity index (χ2v) is 7.11. The highest BCUT2D eigenvalue weighted by Gasteiger charge is 2.24. The Morgan fingerprint density at radius 3 is 2.86 bits per heavy atom. The molecule has 1 atom stereocenters. The van der Waals surface area contributed by atoms with Crippen LogP contribution in [0.4, 0.5) is 0 Å². The number of amides is 1. The maximum absolute atomic E-state index is 12.1. The number of morpholine rings is 1. The molecule has 1 aliphatic heterocycles. The summed E-state index contributed by atoms with van der Waals surface area (Å²) in [4.78, 5) is 12.8. The Balaban J connectivity index is 1.88. The third-order valence-corrected chi connectivity index (χ3v) is 4.64. The summed E-state index contributed by atoms with van der Waals surface area (Å²) in [7, 11) is -1.74. The number of sulfonamides is 1. The number of likely N-dealkylation sites (N-methyl/N-ethyl adjacent to an activating group) is 1. The normalized spacial score (nSPS) is 19.8. The van der Waals surface area contributed by atoms with Gasteiger partial charge in [0, 0.05) is 20.1 Å². The molecule has 6 nitrogen and oxygen atoms in total. The molecule has 116 valence electrons. The topological polar surface area (TPSA) is 75.7 Å². The van der Waals surface area contributed by atoms with Crippen LogP contribution < -0.4 is 4.72 Å². The lowest BCUT2D eigenvalue weighted by Crippen LogP contribution is -2.48. The maximum Gasteiger partial charge on any atom is 0.248 e. The van der Waals surface area contributed by atoms with Crippen LogP contribution in [0.25, 0.3) is 0 Å². The van der Waals surface area contributed by atoms with E-state index in [1.54, 1.807) is 18.0 Å². The summed E-state index contributed by atoms with van der Waals surface area (Å²) < 4.78 is 32.0. The first-order valence-corrected chi connectivity index (χ1v) is 8.39. The minimum atomic E-state index is -3.42. The number of carbonyl (C=O) groups is 1. The van der Waals surface area contributed by atoms with Crippen LogP contribution in [0, 0.1) is 6.92 Å². The van der Waals surface area contributed by atoms with Gasteiger partial charge in [-0.2, -0.15) is 0 Å². The molecule has 7 heteroatoms. The monoisotopic (exact) mass is 312 g/mol.